The molecule has 112 valence electrons. The van der Waals surface area contributed by atoms with Crippen LogP contribution in [0.3, 0.4) is 0 Å². The fraction of sp³-hybridized carbons (Fsp3) is 0.188. The molecule has 0 amide bonds. The number of aryl methyl sites for hydroxylation is 2. The van der Waals surface area contributed by atoms with Gasteiger partial charge in [-0.05, 0) is 31.2 Å². The van der Waals surface area contributed by atoms with Crippen molar-refractivity contribution >= 4 is 0 Å². The molecule has 3 aromatic rings. The van der Waals surface area contributed by atoms with Gasteiger partial charge in [0, 0.05) is 13.2 Å². The summed E-state index contributed by atoms with van der Waals surface area (Å²) in [6.07, 6.45) is 1.71. The van der Waals surface area contributed by atoms with E-state index in [4.69, 9.17) is 4.74 Å². The van der Waals surface area contributed by atoms with Gasteiger partial charge in [-0.25, -0.2) is 9.67 Å². The number of hydrogen-bond donors (Lipinski definition) is 0. The summed E-state index contributed by atoms with van der Waals surface area (Å²) < 4.78 is 8.55. The molecule has 1 aromatic carbocycles. The second kappa shape index (κ2) is 5.48. The largest absolute Gasteiger partial charge is 0.494 e. The number of para-hydroxylation sites is 2. The average Bonchev–Trinajstić information content (AvgIpc) is 2.91. The number of hydrogen-bond acceptors (Lipinski definition) is 4. The quantitative estimate of drug-likeness (QED) is 0.741. The minimum atomic E-state index is -0.119. The van der Waals surface area contributed by atoms with Crippen LogP contribution in [0.2, 0.25) is 0 Å². The molecule has 0 saturated heterocycles. The summed E-state index contributed by atoms with van der Waals surface area (Å²) in [6.45, 7) is 1.79. The Morgan fingerprint density at radius 3 is 2.68 bits per heavy atom. The molecule has 0 radical (unpaired) electrons. The lowest BCUT2D eigenvalue weighted by Gasteiger charge is -2.10. The first-order valence-electron chi connectivity index (χ1n) is 6.85. The smallest absolute Gasteiger partial charge is 0.261 e. The van der Waals surface area contributed by atoms with Crippen LogP contribution in [-0.2, 0) is 7.05 Å². The Morgan fingerprint density at radius 2 is 1.91 bits per heavy atom. The SMILES string of the molecule is COc1ccccc1-n1nc(C)nc1-c1cccn(C)c1=O. The summed E-state index contributed by atoms with van der Waals surface area (Å²) in [6, 6.07) is 11.1. The van der Waals surface area contributed by atoms with Crippen LogP contribution < -0.4 is 10.3 Å². The predicted octanol–water partition coefficient (Wildman–Crippen LogP) is 1.95. The predicted molar refractivity (Wildman–Crippen MR) is 83.3 cm³/mol. The van der Waals surface area contributed by atoms with Crippen molar-refractivity contribution in [3.8, 4) is 22.8 Å². The minimum Gasteiger partial charge on any atom is -0.494 e. The highest BCUT2D eigenvalue weighted by Gasteiger charge is 2.17. The molecule has 6 nitrogen and oxygen atoms in total. The molecule has 0 aliphatic rings. The van der Waals surface area contributed by atoms with Crippen molar-refractivity contribution < 1.29 is 4.74 Å². The van der Waals surface area contributed by atoms with E-state index in [9.17, 15) is 4.79 Å². The van der Waals surface area contributed by atoms with Gasteiger partial charge in [0.1, 0.15) is 17.3 Å². The number of aromatic nitrogens is 4. The molecule has 3 rings (SSSR count). The number of ether oxygens (including phenoxy) is 1. The summed E-state index contributed by atoms with van der Waals surface area (Å²) in [5.74, 6) is 1.76. The Kier molecular flexibility index (Phi) is 3.50. The van der Waals surface area contributed by atoms with Crippen molar-refractivity contribution in [1.82, 2.24) is 19.3 Å². The van der Waals surface area contributed by atoms with E-state index in [1.165, 1.54) is 4.57 Å². The van der Waals surface area contributed by atoms with Crippen LogP contribution in [0.15, 0.2) is 47.4 Å². The van der Waals surface area contributed by atoms with E-state index in [0.29, 0.717) is 23.0 Å². The summed E-state index contributed by atoms with van der Waals surface area (Å²) in [4.78, 5) is 16.8. The highest BCUT2D eigenvalue weighted by molar-refractivity contribution is 5.59. The zero-order valence-electron chi connectivity index (χ0n) is 12.6. The van der Waals surface area contributed by atoms with Gasteiger partial charge in [0.05, 0.1) is 12.7 Å². The standard InChI is InChI=1S/C16H16N4O2/c1-11-17-15(12-7-6-10-19(2)16(12)21)20(18-11)13-8-4-5-9-14(13)22-3/h4-10H,1-3H3. The average molecular weight is 296 g/mol. The number of pyridine rings is 1. The number of nitrogens with zero attached hydrogens (tertiary/aromatic N) is 4. The van der Waals surface area contributed by atoms with Crippen molar-refractivity contribution in [2.24, 2.45) is 7.05 Å². The maximum absolute atomic E-state index is 12.4. The molecule has 0 atom stereocenters. The molecule has 22 heavy (non-hydrogen) atoms. The molecule has 0 N–H and O–H groups in total. The van der Waals surface area contributed by atoms with Gasteiger partial charge in [0.15, 0.2) is 5.82 Å². The Bertz CT molecular complexity index is 880. The van der Waals surface area contributed by atoms with Crippen LogP contribution in [0.1, 0.15) is 5.82 Å². The molecular formula is C16H16N4O2. The highest BCUT2D eigenvalue weighted by atomic mass is 16.5. The molecule has 0 bridgehead atoms. The molecular weight excluding hydrogens is 280 g/mol. The third kappa shape index (κ3) is 2.28. The molecule has 0 saturated carbocycles. The van der Waals surface area contributed by atoms with E-state index in [2.05, 4.69) is 10.1 Å². The Balaban J connectivity index is 2.28. The second-order valence-corrected chi connectivity index (χ2v) is 4.90. The summed E-state index contributed by atoms with van der Waals surface area (Å²) >= 11 is 0. The van der Waals surface area contributed by atoms with E-state index in [-0.39, 0.29) is 5.56 Å². The van der Waals surface area contributed by atoms with Gasteiger partial charge in [-0.1, -0.05) is 12.1 Å². The van der Waals surface area contributed by atoms with E-state index in [1.54, 1.807) is 38.0 Å². The maximum Gasteiger partial charge on any atom is 0.261 e. The van der Waals surface area contributed by atoms with Gasteiger partial charge in [-0.3, -0.25) is 4.79 Å². The summed E-state index contributed by atoms with van der Waals surface area (Å²) in [5.41, 5.74) is 1.12. The Labute approximate surface area is 127 Å². The second-order valence-electron chi connectivity index (χ2n) is 4.90. The third-order valence-electron chi connectivity index (χ3n) is 3.39. The van der Waals surface area contributed by atoms with E-state index < -0.39 is 0 Å². The maximum atomic E-state index is 12.4. The normalized spacial score (nSPS) is 10.7. The van der Waals surface area contributed by atoms with Crippen LogP contribution in [0.4, 0.5) is 0 Å². The van der Waals surface area contributed by atoms with Crippen molar-refractivity contribution in [2.45, 2.75) is 6.92 Å². The minimum absolute atomic E-state index is 0.119. The molecule has 0 aliphatic carbocycles. The van der Waals surface area contributed by atoms with Gasteiger partial charge in [0.2, 0.25) is 0 Å². The first kappa shape index (κ1) is 14.1. The van der Waals surface area contributed by atoms with Gasteiger partial charge < -0.3 is 9.30 Å². The summed E-state index contributed by atoms with van der Waals surface area (Å²) in [7, 11) is 3.31. The highest BCUT2D eigenvalue weighted by Crippen LogP contribution is 2.25. The topological polar surface area (TPSA) is 61.9 Å². The molecule has 2 heterocycles. The number of methoxy groups -OCH3 is 1. The van der Waals surface area contributed by atoms with Crippen LogP contribution in [-0.4, -0.2) is 26.4 Å². The number of benzene rings is 1. The first-order chi connectivity index (χ1) is 10.6. The lowest BCUT2D eigenvalue weighted by molar-refractivity contribution is 0.412. The zero-order valence-corrected chi connectivity index (χ0v) is 12.6. The van der Waals surface area contributed by atoms with E-state index in [0.717, 1.165) is 5.69 Å². The summed E-state index contributed by atoms with van der Waals surface area (Å²) in [5, 5.41) is 4.41. The van der Waals surface area contributed by atoms with E-state index >= 15 is 0 Å². The lowest BCUT2D eigenvalue weighted by Crippen LogP contribution is -2.19. The Morgan fingerprint density at radius 1 is 1.14 bits per heavy atom. The molecule has 2 aromatic heterocycles. The molecule has 0 aliphatic heterocycles. The molecule has 0 fully saturated rings. The number of rotatable bonds is 3. The van der Waals surface area contributed by atoms with Crippen LogP contribution in [0, 0.1) is 6.92 Å². The van der Waals surface area contributed by atoms with E-state index in [1.807, 2.05) is 30.3 Å². The van der Waals surface area contributed by atoms with Crippen molar-refractivity contribution in [1.29, 1.82) is 0 Å². The fourth-order valence-electron chi connectivity index (χ4n) is 2.33. The van der Waals surface area contributed by atoms with Crippen LogP contribution in [0.25, 0.3) is 17.1 Å². The molecule has 0 unspecified atom stereocenters. The van der Waals surface area contributed by atoms with Crippen LogP contribution in [0.5, 0.6) is 5.75 Å². The van der Waals surface area contributed by atoms with Crippen molar-refractivity contribution in [2.75, 3.05) is 7.11 Å². The molecule has 0 spiro atoms. The fourth-order valence-corrected chi connectivity index (χ4v) is 2.33. The zero-order chi connectivity index (χ0) is 15.7. The lowest BCUT2D eigenvalue weighted by atomic mass is 10.2. The van der Waals surface area contributed by atoms with Crippen LogP contribution >= 0.6 is 0 Å². The van der Waals surface area contributed by atoms with Gasteiger partial charge >= 0.3 is 0 Å². The third-order valence-corrected chi connectivity index (χ3v) is 3.39. The van der Waals surface area contributed by atoms with Crippen molar-refractivity contribution in [3.63, 3.8) is 0 Å². The van der Waals surface area contributed by atoms with Gasteiger partial charge in [0.25, 0.3) is 5.56 Å². The monoisotopic (exact) mass is 296 g/mol. The molecule has 6 heteroatoms. The first-order valence-corrected chi connectivity index (χ1v) is 6.85. The van der Waals surface area contributed by atoms with Gasteiger partial charge in [-0.2, -0.15) is 5.10 Å². The van der Waals surface area contributed by atoms with Crippen molar-refractivity contribution in [3.05, 3.63) is 58.8 Å². The Hall–Kier alpha value is -2.89. The van der Waals surface area contributed by atoms with Gasteiger partial charge in [-0.15, -0.1) is 0 Å².